The predicted octanol–water partition coefficient (Wildman–Crippen LogP) is 1.10. The Morgan fingerprint density at radius 2 is 1.77 bits per heavy atom. The van der Waals surface area contributed by atoms with E-state index in [0.29, 0.717) is 0 Å². The van der Waals surface area contributed by atoms with Crippen LogP contribution in [0.5, 0.6) is 0 Å². The van der Waals surface area contributed by atoms with Gasteiger partial charge in [-0.05, 0) is 18.2 Å². The number of primary amides is 1. The summed E-state index contributed by atoms with van der Waals surface area (Å²) < 4.78 is 29.8. The van der Waals surface area contributed by atoms with Crippen molar-refractivity contribution in [2.45, 2.75) is 5.92 Å². The van der Waals surface area contributed by atoms with E-state index >= 15 is 0 Å². The van der Waals surface area contributed by atoms with E-state index in [1.165, 1.54) is 42.5 Å². The number of hydrogen-bond donors (Lipinski definition) is 2. The molecule has 2 heterocycles. The van der Waals surface area contributed by atoms with Crippen molar-refractivity contribution in [3.8, 4) is 6.07 Å². The van der Waals surface area contributed by atoms with E-state index in [0.717, 1.165) is 15.9 Å². The maximum atomic E-state index is 14.6. The Morgan fingerprint density at radius 1 is 1.13 bits per heavy atom. The van der Waals surface area contributed by atoms with Gasteiger partial charge in [0.1, 0.15) is 22.1 Å². The van der Waals surface area contributed by atoms with Crippen LogP contribution < -0.4 is 26.2 Å². The number of halogens is 2. The third kappa shape index (κ3) is 3.23. The molecule has 0 aliphatic carbocycles. The van der Waals surface area contributed by atoms with Gasteiger partial charge in [0.15, 0.2) is 0 Å². The minimum Gasteiger partial charge on any atom is -0.384 e. The number of amides is 1. The second-order valence-corrected chi connectivity index (χ2v) is 7.75. The number of nitrogens with two attached hydrogens (primary N) is 2. The summed E-state index contributed by atoms with van der Waals surface area (Å²) in [7, 11) is 0. The van der Waals surface area contributed by atoms with E-state index in [9.17, 15) is 23.6 Å². The van der Waals surface area contributed by atoms with Crippen molar-refractivity contribution in [2.75, 3.05) is 0 Å². The van der Waals surface area contributed by atoms with Crippen LogP contribution >= 0.6 is 11.3 Å². The molecular weight excluding hydrogens is 422 g/mol. The summed E-state index contributed by atoms with van der Waals surface area (Å²) in [6, 6.07) is 13.4. The van der Waals surface area contributed by atoms with Crippen LogP contribution in [0, 0.1) is 23.0 Å². The highest BCUT2D eigenvalue weighted by atomic mass is 32.1. The van der Waals surface area contributed by atoms with Crippen LogP contribution in [0.3, 0.4) is 0 Å². The van der Waals surface area contributed by atoms with E-state index in [-0.39, 0.29) is 37.3 Å². The normalized spacial score (nSPS) is 16.2. The maximum Gasteiger partial charge on any atom is 0.274 e. The summed E-state index contributed by atoms with van der Waals surface area (Å²) in [6.07, 6.45) is 1.32. The highest BCUT2D eigenvalue weighted by Gasteiger charge is 2.35. The zero-order valence-corrected chi connectivity index (χ0v) is 16.6. The number of allylic oxidation sites excluding steroid dienone is 1. The molecule has 2 aromatic carbocycles. The molecule has 154 valence electrons. The Kier molecular flexibility index (Phi) is 5.01. The highest BCUT2D eigenvalue weighted by Crippen LogP contribution is 2.36. The number of carbonyl (C=O) groups is 1. The molecule has 0 spiro atoms. The summed E-state index contributed by atoms with van der Waals surface area (Å²) in [4.78, 5) is 25.5. The third-order valence-corrected chi connectivity index (χ3v) is 6.05. The molecule has 1 amide bonds. The first-order valence-electron chi connectivity index (χ1n) is 9.01. The lowest BCUT2D eigenvalue weighted by atomic mass is 9.83. The molecule has 31 heavy (non-hydrogen) atoms. The number of fused-ring (bicyclic) bond motifs is 1. The lowest BCUT2D eigenvalue weighted by Crippen LogP contribution is -2.41. The molecule has 0 bridgehead atoms. The Morgan fingerprint density at radius 3 is 2.39 bits per heavy atom. The Balaban J connectivity index is 2.13. The van der Waals surface area contributed by atoms with Gasteiger partial charge in [0.05, 0.1) is 27.7 Å². The first-order chi connectivity index (χ1) is 14.8. The molecule has 0 fully saturated rings. The molecule has 9 heteroatoms. The van der Waals surface area contributed by atoms with Crippen molar-refractivity contribution in [3.63, 3.8) is 0 Å². The van der Waals surface area contributed by atoms with Gasteiger partial charge < -0.3 is 11.5 Å². The molecule has 0 radical (unpaired) electrons. The van der Waals surface area contributed by atoms with Crippen LogP contribution in [0.25, 0.3) is 17.5 Å². The van der Waals surface area contributed by atoms with Gasteiger partial charge in [0.25, 0.3) is 5.56 Å². The van der Waals surface area contributed by atoms with Gasteiger partial charge in [-0.3, -0.25) is 14.2 Å². The van der Waals surface area contributed by atoms with Gasteiger partial charge in [0, 0.05) is 11.1 Å². The minimum atomic E-state index is -1.18. The molecule has 1 aromatic heterocycles. The molecule has 0 saturated heterocycles. The molecule has 1 atom stereocenters. The Bertz CT molecular complexity index is 1490. The van der Waals surface area contributed by atoms with Gasteiger partial charge in [-0.25, -0.2) is 8.78 Å². The lowest BCUT2D eigenvalue weighted by Gasteiger charge is -2.24. The van der Waals surface area contributed by atoms with Crippen LogP contribution in [-0.4, -0.2) is 10.5 Å². The van der Waals surface area contributed by atoms with Gasteiger partial charge in [-0.15, -0.1) is 11.3 Å². The van der Waals surface area contributed by atoms with E-state index in [4.69, 9.17) is 11.5 Å². The quantitative estimate of drug-likeness (QED) is 0.640. The largest absolute Gasteiger partial charge is 0.384 e. The first kappa shape index (κ1) is 20.3. The summed E-state index contributed by atoms with van der Waals surface area (Å²) in [5.41, 5.74) is 11.0. The number of benzene rings is 2. The Labute approximate surface area is 178 Å². The molecule has 4 rings (SSSR count). The van der Waals surface area contributed by atoms with Crippen LogP contribution in [0.1, 0.15) is 17.0 Å². The zero-order valence-electron chi connectivity index (χ0n) is 15.8. The summed E-state index contributed by atoms with van der Waals surface area (Å²) in [5.74, 6) is -3.53. The molecule has 1 aliphatic heterocycles. The minimum absolute atomic E-state index is 0.0301. The fourth-order valence-corrected chi connectivity index (χ4v) is 4.71. The summed E-state index contributed by atoms with van der Waals surface area (Å²) in [6.45, 7) is 0. The van der Waals surface area contributed by atoms with Gasteiger partial charge in [0.2, 0.25) is 5.91 Å². The molecule has 4 N–H and O–H groups in total. The molecular formula is C22H14F2N4O2S. The van der Waals surface area contributed by atoms with Crippen molar-refractivity contribution >= 4 is 34.7 Å². The van der Waals surface area contributed by atoms with E-state index in [1.54, 1.807) is 12.1 Å². The average Bonchev–Trinajstić information content (AvgIpc) is 3.05. The number of aromatic nitrogens is 1. The fourth-order valence-electron chi connectivity index (χ4n) is 3.54. The molecule has 6 nitrogen and oxygen atoms in total. The van der Waals surface area contributed by atoms with Crippen LogP contribution in [0.4, 0.5) is 8.78 Å². The predicted molar refractivity (Wildman–Crippen MR) is 113 cm³/mol. The SMILES string of the molecule is N#CC1=C(N)n2c(sc(=Cc3ccccc3F)c2=O)=C(C(N)=O)[C@H]1c1ccccc1F. The number of thiazole rings is 1. The molecule has 1 aliphatic rings. The van der Waals surface area contributed by atoms with Crippen molar-refractivity contribution in [3.05, 3.63) is 96.4 Å². The maximum absolute atomic E-state index is 14.6. The second-order valence-electron chi connectivity index (χ2n) is 6.72. The first-order valence-corrected chi connectivity index (χ1v) is 9.83. The van der Waals surface area contributed by atoms with Crippen LogP contribution in [0.2, 0.25) is 0 Å². The number of rotatable bonds is 3. The van der Waals surface area contributed by atoms with Crippen LogP contribution in [0.15, 0.2) is 58.9 Å². The fraction of sp³-hybridized carbons (Fsp3) is 0.0455. The van der Waals surface area contributed by atoms with Crippen molar-refractivity contribution in [1.29, 1.82) is 5.26 Å². The number of nitriles is 1. The third-order valence-electron chi connectivity index (χ3n) is 4.94. The Hall–Kier alpha value is -4.03. The molecule has 3 aromatic rings. The highest BCUT2D eigenvalue weighted by molar-refractivity contribution is 7.07. The van der Waals surface area contributed by atoms with Gasteiger partial charge in [-0.2, -0.15) is 5.26 Å². The van der Waals surface area contributed by atoms with Crippen molar-refractivity contribution < 1.29 is 13.6 Å². The summed E-state index contributed by atoms with van der Waals surface area (Å²) >= 11 is 0.867. The zero-order chi connectivity index (χ0) is 22.3. The summed E-state index contributed by atoms with van der Waals surface area (Å²) in [5, 5.41) is 9.73. The monoisotopic (exact) mass is 436 g/mol. The lowest BCUT2D eigenvalue weighted by molar-refractivity contribution is -0.113. The number of carbonyl (C=O) groups excluding carboxylic acids is 1. The van der Waals surface area contributed by atoms with E-state index < -0.39 is 29.0 Å². The van der Waals surface area contributed by atoms with Gasteiger partial charge >= 0.3 is 0 Å². The van der Waals surface area contributed by atoms with Gasteiger partial charge in [-0.1, -0.05) is 36.4 Å². The smallest absolute Gasteiger partial charge is 0.274 e. The standard InChI is InChI=1S/C22H14F2N4O2S/c23-14-7-3-1-5-11(14)9-16-21(30)28-19(26)13(10-25)17(12-6-2-4-8-15(12)24)18(20(27)29)22(28)31-16/h1-9,17H,26H2,(H2,27,29)/t17-/m0/s1. The van der Waals surface area contributed by atoms with Crippen molar-refractivity contribution in [2.24, 2.45) is 11.5 Å². The van der Waals surface area contributed by atoms with Crippen molar-refractivity contribution in [1.82, 2.24) is 4.57 Å². The molecule has 0 unspecified atom stereocenters. The molecule has 0 saturated carbocycles. The number of hydrogen-bond acceptors (Lipinski definition) is 5. The van der Waals surface area contributed by atoms with E-state index in [1.807, 2.05) is 6.07 Å². The van der Waals surface area contributed by atoms with E-state index in [2.05, 4.69) is 0 Å². The topological polar surface area (TPSA) is 115 Å². The average molecular weight is 436 g/mol. The van der Waals surface area contributed by atoms with Crippen LogP contribution in [-0.2, 0) is 4.79 Å². The number of nitrogens with zero attached hydrogens (tertiary/aromatic N) is 2. The second kappa shape index (κ2) is 7.66.